The fourth-order valence-electron chi connectivity index (χ4n) is 1.66. The van der Waals surface area contributed by atoms with Gasteiger partial charge >= 0.3 is 0 Å². The van der Waals surface area contributed by atoms with E-state index in [1.165, 1.54) is 12.1 Å². The van der Waals surface area contributed by atoms with E-state index in [4.69, 9.17) is 11.0 Å². The summed E-state index contributed by atoms with van der Waals surface area (Å²) in [5, 5.41) is 8.94. The van der Waals surface area contributed by atoms with E-state index in [2.05, 4.69) is 0 Å². The molecule has 2 aromatic rings. The Hall–Kier alpha value is -2.26. The Labute approximate surface area is 105 Å². The van der Waals surface area contributed by atoms with Gasteiger partial charge < -0.3 is 10.3 Å². The third-order valence-electron chi connectivity index (χ3n) is 2.55. The van der Waals surface area contributed by atoms with Crippen LogP contribution in [0.3, 0.4) is 0 Å². The largest absolute Gasteiger partial charge is 0.397 e. The number of anilines is 1. The van der Waals surface area contributed by atoms with E-state index in [-0.39, 0.29) is 4.90 Å². The van der Waals surface area contributed by atoms with E-state index >= 15 is 0 Å². The zero-order chi connectivity index (χ0) is 13.3. The van der Waals surface area contributed by atoms with Gasteiger partial charge in [-0.25, -0.2) is 8.42 Å². The number of sulfone groups is 1. The standard InChI is InChI=1S/C12H11N3O2S/c1-18(16,17)10-4-5-12(11(14)7-10)15-6-2-3-9(15)8-13/h2-7H,14H2,1H3. The Kier molecular flexibility index (Phi) is 2.85. The summed E-state index contributed by atoms with van der Waals surface area (Å²) in [5.41, 5.74) is 7.17. The van der Waals surface area contributed by atoms with Gasteiger partial charge in [-0.3, -0.25) is 0 Å². The number of nitriles is 1. The van der Waals surface area contributed by atoms with Crippen LogP contribution in [-0.4, -0.2) is 19.2 Å². The molecule has 0 amide bonds. The smallest absolute Gasteiger partial charge is 0.175 e. The molecule has 0 aliphatic rings. The topological polar surface area (TPSA) is 88.9 Å². The first-order chi connectivity index (χ1) is 8.43. The van der Waals surface area contributed by atoms with Crippen molar-refractivity contribution < 1.29 is 8.42 Å². The molecule has 1 heterocycles. The lowest BCUT2D eigenvalue weighted by Crippen LogP contribution is -2.04. The molecule has 0 unspecified atom stereocenters. The molecule has 1 aromatic heterocycles. The minimum atomic E-state index is -3.28. The van der Waals surface area contributed by atoms with Gasteiger partial charge in [0.15, 0.2) is 9.84 Å². The Morgan fingerprint density at radius 2 is 2.06 bits per heavy atom. The van der Waals surface area contributed by atoms with Crippen molar-refractivity contribution in [3.05, 3.63) is 42.2 Å². The molecule has 0 spiro atoms. The third kappa shape index (κ3) is 2.08. The molecule has 0 saturated heterocycles. The summed E-state index contributed by atoms with van der Waals surface area (Å²) >= 11 is 0. The summed E-state index contributed by atoms with van der Waals surface area (Å²) in [5.74, 6) is 0. The number of hydrogen-bond donors (Lipinski definition) is 1. The highest BCUT2D eigenvalue weighted by atomic mass is 32.2. The van der Waals surface area contributed by atoms with Gasteiger partial charge in [0.2, 0.25) is 0 Å². The fourth-order valence-corrected chi connectivity index (χ4v) is 2.32. The van der Waals surface area contributed by atoms with Gasteiger partial charge in [0.1, 0.15) is 11.8 Å². The van der Waals surface area contributed by atoms with Crippen molar-refractivity contribution in [1.29, 1.82) is 5.26 Å². The zero-order valence-corrected chi connectivity index (χ0v) is 10.5. The first-order valence-electron chi connectivity index (χ1n) is 5.11. The maximum atomic E-state index is 11.4. The maximum absolute atomic E-state index is 11.4. The molecule has 6 heteroatoms. The summed E-state index contributed by atoms with van der Waals surface area (Å²) in [7, 11) is -3.28. The van der Waals surface area contributed by atoms with Crippen LogP contribution in [0.1, 0.15) is 5.69 Å². The summed E-state index contributed by atoms with van der Waals surface area (Å²) in [6, 6.07) is 9.88. The molecular formula is C12H11N3O2S. The molecule has 0 atom stereocenters. The van der Waals surface area contributed by atoms with E-state index in [0.29, 0.717) is 17.1 Å². The van der Waals surface area contributed by atoms with Gasteiger partial charge in [0.25, 0.3) is 0 Å². The Morgan fingerprint density at radius 1 is 1.33 bits per heavy atom. The minimum absolute atomic E-state index is 0.161. The van der Waals surface area contributed by atoms with Crippen molar-refractivity contribution >= 4 is 15.5 Å². The molecule has 18 heavy (non-hydrogen) atoms. The number of rotatable bonds is 2. The SMILES string of the molecule is CS(=O)(=O)c1ccc(-n2cccc2C#N)c(N)c1. The first-order valence-corrected chi connectivity index (χ1v) is 7.00. The number of hydrogen-bond acceptors (Lipinski definition) is 4. The lowest BCUT2D eigenvalue weighted by Gasteiger charge is -2.09. The quantitative estimate of drug-likeness (QED) is 0.826. The van der Waals surface area contributed by atoms with Crippen LogP contribution >= 0.6 is 0 Å². The Morgan fingerprint density at radius 3 is 2.61 bits per heavy atom. The highest BCUT2D eigenvalue weighted by Gasteiger charge is 2.11. The van der Waals surface area contributed by atoms with Crippen LogP contribution in [0.5, 0.6) is 0 Å². The van der Waals surface area contributed by atoms with Crippen molar-refractivity contribution in [2.75, 3.05) is 12.0 Å². The molecular weight excluding hydrogens is 250 g/mol. The molecule has 0 bridgehead atoms. The van der Waals surface area contributed by atoms with Crippen molar-refractivity contribution in [3.63, 3.8) is 0 Å². The Balaban J connectivity index is 2.60. The highest BCUT2D eigenvalue weighted by molar-refractivity contribution is 7.90. The molecule has 2 rings (SSSR count). The van der Waals surface area contributed by atoms with E-state index < -0.39 is 9.84 Å². The minimum Gasteiger partial charge on any atom is -0.397 e. The molecule has 0 saturated carbocycles. The van der Waals surface area contributed by atoms with Crippen LogP contribution in [-0.2, 0) is 9.84 Å². The molecule has 0 aliphatic heterocycles. The second-order valence-electron chi connectivity index (χ2n) is 3.87. The number of nitrogens with two attached hydrogens (primary N) is 1. The molecule has 0 radical (unpaired) electrons. The predicted octanol–water partition coefficient (Wildman–Crippen LogP) is 1.33. The molecule has 0 aliphatic carbocycles. The number of nitrogen functional groups attached to an aromatic ring is 1. The number of nitrogens with zero attached hydrogens (tertiary/aromatic N) is 2. The van der Waals surface area contributed by atoms with E-state index in [1.54, 1.807) is 29.0 Å². The monoisotopic (exact) mass is 261 g/mol. The average Bonchev–Trinajstić information content (AvgIpc) is 2.75. The van der Waals surface area contributed by atoms with Gasteiger partial charge in [-0.05, 0) is 30.3 Å². The van der Waals surface area contributed by atoms with Crippen molar-refractivity contribution in [2.45, 2.75) is 4.90 Å². The number of aromatic nitrogens is 1. The third-order valence-corrected chi connectivity index (χ3v) is 3.66. The van der Waals surface area contributed by atoms with Crippen molar-refractivity contribution in [1.82, 2.24) is 4.57 Å². The van der Waals surface area contributed by atoms with Crippen LogP contribution in [0.2, 0.25) is 0 Å². The molecule has 92 valence electrons. The van der Waals surface area contributed by atoms with Crippen molar-refractivity contribution in [2.24, 2.45) is 0 Å². The lowest BCUT2D eigenvalue weighted by atomic mass is 10.2. The van der Waals surface area contributed by atoms with Crippen LogP contribution < -0.4 is 5.73 Å². The normalized spacial score (nSPS) is 11.1. The van der Waals surface area contributed by atoms with Crippen LogP contribution in [0.25, 0.3) is 5.69 Å². The van der Waals surface area contributed by atoms with Crippen LogP contribution in [0.4, 0.5) is 5.69 Å². The van der Waals surface area contributed by atoms with Gasteiger partial charge in [-0.15, -0.1) is 0 Å². The van der Waals surface area contributed by atoms with Gasteiger partial charge in [-0.1, -0.05) is 0 Å². The van der Waals surface area contributed by atoms with Gasteiger partial charge in [0.05, 0.1) is 16.3 Å². The van der Waals surface area contributed by atoms with Crippen molar-refractivity contribution in [3.8, 4) is 11.8 Å². The molecule has 5 nitrogen and oxygen atoms in total. The maximum Gasteiger partial charge on any atom is 0.175 e. The second-order valence-corrected chi connectivity index (χ2v) is 5.88. The van der Waals surface area contributed by atoms with Gasteiger partial charge in [0, 0.05) is 12.5 Å². The molecule has 2 N–H and O–H groups in total. The summed E-state index contributed by atoms with van der Waals surface area (Å²) < 4.78 is 24.4. The molecule has 1 aromatic carbocycles. The van der Waals surface area contributed by atoms with Gasteiger partial charge in [-0.2, -0.15) is 5.26 Å². The fraction of sp³-hybridized carbons (Fsp3) is 0.0833. The lowest BCUT2D eigenvalue weighted by molar-refractivity contribution is 0.602. The summed E-state index contributed by atoms with van der Waals surface area (Å²) in [4.78, 5) is 0.161. The molecule has 0 fully saturated rings. The van der Waals surface area contributed by atoms with Crippen LogP contribution in [0, 0.1) is 11.3 Å². The second kappa shape index (κ2) is 4.20. The number of benzene rings is 1. The highest BCUT2D eigenvalue weighted by Crippen LogP contribution is 2.23. The summed E-state index contributed by atoms with van der Waals surface area (Å²) in [6.07, 6.45) is 2.82. The average molecular weight is 261 g/mol. The summed E-state index contributed by atoms with van der Waals surface area (Å²) in [6.45, 7) is 0. The predicted molar refractivity (Wildman–Crippen MR) is 68.0 cm³/mol. The van der Waals surface area contributed by atoms with Crippen LogP contribution in [0.15, 0.2) is 41.4 Å². The van der Waals surface area contributed by atoms with E-state index in [1.807, 2.05) is 6.07 Å². The zero-order valence-electron chi connectivity index (χ0n) is 9.66. The first kappa shape index (κ1) is 12.2. The van der Waals surface area contributed by atoms with E-state index in [9.17, 15) is 8.42 Å². The van der Waals surface area contributed by atoms with E-state index in [0.717, 1.165) is 6.26 Å². The Bertz CT molecular complexity index is 739.